The first-order chi connectivity index (χ1) is 15.5. The largest absolute Gasteiger partial charge is 0.475 e. The lowest BCUT2D eigenvalue weighted by Crippen LogP contribution is -2.49. The number of nitrogens with zero attached hydrogens (tertiary/aromatic N) is 1. The maximum atomic E-state index is 13.1. The Morgan fingerprint density at radius 2 is 2.15 bits per heavy atom. The third-order valence-corrected chi connectivity index (χ3v) is 6.96. The number of fused-ring (bicyclic) bond motifs is 1. The average molecular weight is 485 g/mol. The molecule has 0 radical (unpaired) electrons. The summed E-state index contributed by atoms with van der Waals surface area (Å²) in [5.41, 5.74) is -1.20. The standard InChI is InChI=1S/C21H28NO10P/c1-6-21(4)18-16(31-20(21)22-9-7-14(23)11-17(22)24)12-29-33(26,32-18)28-10-8-15(27-5)19(25)30-13(2)3/h1,7,9,13,15-16,18,20H,8,10-12H2,2-5H3/t15-,16-,18-,20-,21-,33+/m1/s1. The molecule has 3 aliphatic heterocycles. The van der Waals surface area contributed by atoms with Crippen molar-refractivity contribution in [3.05, 3.63) is 12.3 Å². The lowest BCUT2D eigenvalue weighted by Gasteiger charge is -2.37. The maximum absolute atomic E-state index is 13.1. The molecule has 2 saturated heterocycles. The second-order valence-electron chi connectivity index (χ2n) is 8.31. The molecule has 3 aliphatic rings. The first kappa shape index (κ1) is 25.6. The second-order valence-corrected chi connectivity index (χ2v) is 9.94. The molecule has 0 aromatic heterocycles. The maximum Gasteiger partial charge on any atom is 0.475 e. The van der Waals surface area contributed by atoms with E-state index in [9.17, 15) is 18.9 Å². The number of carbonyl (C=O) groups is 3. The third kappa shape index (κ3) is 5.38. The monoisotopic (exact) mass is 485 g/mol. The molecule has 11 nitrogen and oxygen atoms in total. The summed E-state index contributed by atoms with van der Waals surface area (Å²) in [7, 11) is -2.70. The fourth-order valence-corrected chi connectivity index (χ4v) is 5.27. The molecular formula is C21H28NO10P. The van der Waals surface area contributed by atoms with E-state index in [1.54, 1.807) is 20.8 Å². The molecule has 182 valence electrons. The molecule has 0 saturated carbocycles. The van der Waals surface area contributed by atoms with Crippen molar-refractivity contribution in [3.63, 3.8) is 0 Å². The van der Waals surface area contributed by atoms with Crippen LogP contribution in [-0.2, 0) is 46.7 Å². The smallest absolute Gasteiger partial charge is 0.461 e. The Morgan fingerprint density at radius 1 is 1.42 bits per heavy atom. The van der Waals surface area contributed by atoms with Gasteiger partial charge in [0.1, 0.15) is 17.6 Å². The molecule has 3 heterocycles. The van der Waals surface area contributed by atoms with Crippen LogP contribution in [-0.4, -0.2) is 73.5 Å². The Morgan fingerprint density at radius 3 is 2.76 bits per heavy atom. The Bertz CT molecular complexity index is 911. The van der Waals surface area contributed by atoms with Crippen molar-refractivity contribution in [2.75, 3.05) is 20.3 Å². The van der Waals surface area contributed by atoms with Gasteiger partial charge in [0, 0.05) is 19.7 Å². The molecule has 0 unspecified atom stereocenters. The summed E-state index contributed by atoms with van der Waals surface area (Å²) in [5.74, 6) is 1.24. The van der Waals surface area contributed by atoms with Gasteiger partial charge in [-0.3, -0.25) is 28.1 Å². The van der Waals surface area contributed by atoms with E-state index in [0.717, 1.165) is 0 Å². The Balaban J connectivity index is 1.67. The average Bonchev–Trinajstić information content (AvgIpc) is 3.03. The summed E-state index contributed by atoms with van der Waals surface area (Å²) in [4.78, 5) is 37.2. The van der Waals surface area contributed by atoms with E-state index in [-0.39, 0.29) is 37.9 Å². The molecule has 6 atom stereocenters. The van der Waals surface area contributed by atoms with Crippen LogP contribution in [0.15, 0.2) is 12.3 Å². The van der Waals surface area contributed by atoms with Gasteiger partial charge >= 0.3 is 13.8 Å². The quantitative estimate of drug-likeness (QED) is 0.216. The molecule has 0 N–H and O–H groups in total. The minimum Gasteiger partial charge on any atom is -0.461 e. The highest BCUT2D eigenvalue weighted by atomic mass is 31.2. The SMILES string of the molecule is C#C[C@]1(C)[C@@H]2O[P@@](=O)(OCC[C@@H](OC)C(=O)OC(C)C)OC[C@H]2O[C@H]1N1C=CC(=O)CC1=O. The van der Waals surface area contributed by atoms with Crippen LogP contribution >= 0.6 is 7.82 Å². The summed E-state index contributed by atoms with van der Waals surface area (Å²) in [5, 5.41) is 0. The number of ketones is 1. The van der Waals surface area contributed by atoms with E-state index in [0.29, 0.717) is 0 Å². The van der Waals surface area contributed by atoms with Gasteiger partial charge in [-0.05, 0) is 26.8 Å². The molecule has 0 aliphatic carbocycles. The van der Waals surface area contributed by atoms with Gasteiger partial charge in [-0.1, -0.05) is 5.92 Å². The summed E-state index contributed by atoms with van der Waals surface area (Å²) < 4.78 is 45.6. The Hall–Kier alpha value is -2.06. The van der Waals surface area contributed by atoms with Crippen molar-refractivity contribution in [3.8, 4) is 12.3 Å². The van der Waals surface area contributed by atoms with Gasteiger partial charge in [0.2, 0.25) is 5.91 Å². The van der Waals surface area contributed by atoms with Gasteiger partial charge < -0.3 is 14.2 Å². The summed E-state index contributed by atoms with van der Waals surface area (Å²) in [6.45, 7) is 4.74. The highest BCUT2D eigenvalue weighted by molar-refractivity contribution is 7.48. The number of ether oxygens (including phenoxy) is 3. The minimum atomic E-state index is -4.05. The molecule has 12 heteroatoms. The number of esters is 1. The zero-order chi connectivity index (χ0) is 24.4. The predicted molar refractivity (Wildman–Crippen MR) is 112 cm³/mol. The summed E-state index contributed by atoms with van der Waals surface area (Å²) in [6, 6.07) is 0. The van der Waals surface area contributed by atoms with E-state index in [1.165, 1.54) is 24.3 Å². The molecule has 0 spiro atoms. The van der Waals surface area contributed by atoms with Gasteiger partial charge in [0.25, 0.3) is 0 Å². The van der Waals surface area contributed by atoms with Gasteiger partial charge in [0.15, 0.2) is 18.1 Å². The lowest BCUT2D eigenvalue weighted by molar-refractivity contribution is -0.160. The molecule has 3 rings (SSSR count). The highest BCUT2D eigenvalue weighted by Crippen LogP contribution is 2.59. The number of terminal acetylenes is 1. The number of rotatable bonds is 8. The minimum absolute atomic E-state index is 0.0551. The van der Waals surface area contributed by atoms with Crippen molar-refractivity contribution in [2.45, 2.75) is 64.3 Å². The van der Waals surface area contributed by atoms with Crippen LogP contribution in [0.2, 0.25) is 0 Å². The van der Waals surface area contributed by atoms with Crippen molar-refractivity contribution in [1.29, 1.82) is 0 Å². The second kappa shape index (κ2) is 10.1. The summed E-state index contributed by atoms with van der Waals surface area (Å²) in [6.07, 6.45) is 4.34. The van der Waals surface area contributed by atoms with Gasteiger partial charge in [-0.2, -0.15) is 0 Å². The van der Waals surface area contributed by atoms with E-state index in [1.807, 2.05) is 0 Å². The van der Waals surface area contributed by atoms with Crippen LogP contribution in [0.25, 0.3) is 0 Å². The fraction of sp³-hybridized carbons (Fsp3) is 0.667. The topological polar surface area (TPSA) is 127 Å². The molecule has 0 bridgehead atoms. The molecule has 0 aromatic rings. The zero-order valence-corrected chi connectivity index (χ0v) is 19.8. The molecular weight excluding hydrogens is 457 g/mol. The third-order valence-electron chi connectivity index (χ3n) is 5.51. The van der Waals surface area contributed by atoms with Gasteiger partial charge in [0.05, 0.1) is 25.7 Å². The van der Waals surface area contributed by atoms with Gasteiger partial charge in [-0.25, -0.2) is 9.36 Å². The lowest BCUT2D eigenvalue weighted by atomic mass is 9.82. The van der Waals surface area contributed by atoms with Crippen LogP contribution < -0.4 is 0 Å². The van der Waals surface area contributed by atoms with Gasteiger partial charge in [-0.15, -0.1) is 6.42 Å². The first-order valence-electron chi connectivity index (χ1n) is 10.5. The number of phosphoric acid groups is 1. The van der Waals surface area contributed by atoms with Crippen molar-refractivity contribution < 1.29 is 46.7 Å². The number of carbonyl (C=O) groups excluding carboxylic acids is 3. The number of phosphoric ester groups is 1. The van der Waals surface area contributed by atoms with Crippen LogP contribution in [0.3, 0.4) is 0 Å². The van der Waals surface area contributed by atoms with Crippen LogP contribution in [0, 0.1) is 17.8 Å². The molecule has 33 heavy (non-hydrogen) atoms. The predicted octanol–water partition coefficient (Wildman–Crippen LogP) is 1.56. The Labute approximate surface area is 192 Å². The van der Waals surface area contributed by atoms with Crippen molar-refractivity contribution in [2.24, 2.45) is 5.41 Å². The van der Waals surface area contributed by atoms with Crippen molar-refractivity contribution >= 4 is 25.5 Å². The Kier molecular flexibility index (Phi) is 7.79. The zero-order valence-electron chi connectivity index (χ0n) is 18.9. The number of allylic oxidation sites excluding steroid dienone is 1. The number of hydrogen-bond acceptors (Lipinski definition) is 10. The van der Waals surface area contributed by atoms with Crippen LogP contribution in [0.5, 0.6) is 0 Å². The fourth-order valence-electron chi connectivity index (χ4n) is 3.79. The molecule has 2 fully saturated rings. The number of amides is 1. The van der Waals surface area contributed by atoms with Crippen LogP contribution in [0.1, 0.15) is 33.6 Å². The van der Waals surface area contributed by atoms with E-state index >= 15 is 0 Å². The highest BCUT2D eigenvalue weighted by Gasteiger charge is 2.61. The van der Waals surface area contributed by atoms with E-state index < -0.39 is 49.7 Å². The van der Waals surface area contributed by atoms with Crippen molar-refractivity contribution in [1.82, 2.24) is 4.90 Å². The van der Waals surface area contributed by atoms with E-state index in [4.69, 9.17) is 34.2 Å². The normalized spacial score (nSPS) is 34.8. The molecule has 0 aromatic carbocycles. The first-order valence-corrected chi connectivity index (χ1v) is 11.9. The molecule has 1 amide bonds. The number of methoxy groups -OCH3 is 1. The number of hydrogen-bond donors (Lipinski definition) is 0. The van der Waals surface area contributed by atoms with Crippen LogP contribution in [0.4, 0.5) is 0 Å². The van der Waals surface area contributed by atoms with E-state index in [2.05, 4.69) is 5.92 Å². The summed E-state index contributed by atoms with van der Waals surface area (Å²) >= 11 is 0.